The van der Waals surface area contributed by atoms with Crippen LogP contribution < -0.4 is 4.74 Å². The summed E-state index contributed by atoms with van der Waals surface area (Å²) in [4.78, 5) is 0. The minimum absolute atomic E-state index is 0.589. The van der Waals surface area contributed by atoms with Crippen molar-refractivity contribution < 1.29 is 4.74 Å². The van der Waals surface area contributed by atoms with Crippen molar-refractivity contribution in [1.29, 1.82) is 0 Å². The number of methoxy groups -OCH3 is 1. The molecule has 0 spiro atoms. The van der Waals surface area contributed by atoms with E-state index in [0.717, 1.165) is 18.6 Å². The molecule has 0 saturated heterocycles. The van der Waals surface area contributed by atoms with Crippen molar-refractivity contribution in [2.45, 2.75) is 18.8 Å². The zero-order chi connectivity index (χ0) is 9.10. The van der Waals surface area contributed by atoms with Crippen molar-refractivity contribution in [3.8, 4) is 17.6 Å². The smallest absolute Gasteiger partial charge is 0.118 e. The van der Waals surface area contributed by atoms with E-state index in [1.54, 1.807) is 7.11 Å². The highest BCUT2D eigenvalue weighted by molar-refractivity contribution is 5.32. The Morgan fingerprint density at radius 2 is 1.77 bits per heavy atom. The largest absolute Gasteiger partial charge is 0.497 e. The molecule has 13 heavy (non-hydrogen) atoms. The molecule has 0 atom stereocenters. The van der Waals surface area contributed by atoms with Crippen molar-refractivity contribution >= 4 is 0 Å². The predicted molar refractivity (Wildman–Crippen MR) is 52.7 cm³/mol. The van der Waals surface area contributed by atoms with Crippen molar-refractivity contribution in [1.82, 2.24) is 0 Å². The molecule has 1 aliphatic rings. The molecular weight excluding hydrogens is 160 g/mol. The van der Waals surface area contributed by atoms with Crippen LogP contribution in [0.4, 0.5) is 0 Å². The van der Waals surface area contributed by atoms with Crippen LogP contribution in [-0.2, 0) is 0 Å². The first-order valence-electron chi connectivity index (χ1n) is 4.50. The minimum Gasteiger partial charge on any atom is -0.497 e. The summed E-state index contributed by atoms with van der Waals surface area (Å²) < 4.78 is 5.10. The Hall–Kier alpha value is -1.42. The van der Waals surface area contributed by atoms with Gasteiger partial charge in [0.2, 0.25) is 0 Å². The lowest BCUT2D eigenvalue weighted by Crippen LogP contribution is -1.93. The zero-order valence-corrected chi connectivity index (χ0v) is 7.71. The van der Waals surface area contributed by atoms with Gasteiger partial charge in [-0.05, 0) is 17.7 Å². The molecule has 1 nitrogen and oxygen atoms in total. The second-order valence-electron chi connectivity index (χ2n) is 3.23. The van der Waals surface area contributed by atoms with Crippen LogP contribution >= 0.6 is 0 Å². The van der Waals surface area contributed by atoms with Crippen LogP contribution in [0.15, 0.2) is 24.3 Å². The van der Waals surface area contributed by atoms with Crippen LogP contribution in [-0.4, -0.2) is 7.11 Å². The molecule has 0 radical (unpaired) electrons. The topological polar surface area (TPSA) is 9.23 Å². The van der Waals surface area contributed by atoms with Crippen molar-refractivity contribution in [3.05, 3.63) is 29.8 Å². The molecule has 0 aliphatic heterocycles. The van der Waals surface area contributed by atoms with E-state index in [1.165, 1.54) is 5.56 Å². The first-order valence-corrected chi connectivity index (χ1v) is 4.50. The fourth-order valence-corrected chi connectivity index (χ4v) is 1.57. The molecule has 1 heteroatoms. The normalized spacial score (nSPS) is 15.2. The molecule has 1 aromatic rings. The predicted octanol–water partition coefficient (Wildman–Crippen LogP) is 2.58. The van der Waals surface area contributed by atoms with Gasteiger partial charge in [0.05, 0.1) is 7.11 Å². The SMILES string of the molecule is COc1ccc(C2CC#CC2)cc1. The highest BCUT2D eigenvalue weighted by Crippen LogP contribution is 2.27. The van der Waals surface area contributed by atoms with E-state index in [1.807, 2.05) is 12.1 Å². The number of benzene rings is 1. The maximum atomic E-state index is 5.10. The van der Waals surface area contributed by atoms with Crippen LogP contribution in [0.3, 0.4) is 0 Å². The van der Waals surface area contributed by atoms with Gasteiger partial charge in [-0.25, -0.2) is 0 Å². The lowest BCUT2D eigenvalue weighted by Gasteiger charge is -2.08. The Bertz CT molecular complexity index is 330. The molecule has 0 amide bonds. The second-order valence-corrected chi connectivity index (χ2v) is 3.23. The third-order valence-electron chi connectivity index (χ3n) is 2.41. The molecule has 0 bridgehead atoms. The van der Waals surface area contributed by atoms with Gasteiger partial charge in [-0.3, -0.25) is 0 Å². The van der Waals surface area contributed by atoms with Gasteiger partial charge in [-0.1, -0.05) is 12.1 Å². The van der Waals surface area contributed by atoms with Crippen molar-refractivity contribution in [3.63, 3.8) is 0 Å². The first-order chi connectivity index (χ1) is 6.40. The summed E-state index contributed by atoms with van der Waals surface area (Å²) in [5.41, 5.74) is 1.36. The van der Waals surface area contributed by atoms with Gasteiger partial charge >= 0.3 is 0 Å². The Morgan fingerprint density at radius 1 is 1.15 bits per heavy atom. The fraction of sp³-hybridized carbons (Fsp3) is 0.333. The first kappa shape index (κ1) is 8.19. The Balaban J connectivity index is 2.13. The quantitative estimate of drug-likeness (QED) is 0.623. The third-order valence-corrected chi connectivity index (χ3v) is 2.41. The zero-order valence-electron chi connectivity index (χ0n) is 7.71. The van der Waals surface area contributed by atoms with Gasteiger partial charge in [0.15, 0.2) is 0 Å². The summed E-state index contributed by atoms with van der Waals surface area (Å²) in [5, 5.41) is 0. The highest BCUT2D eigenvalue weighted by Gasteiger charge is 2.11. The van der Waals surface area contributed by atoms with Crippen molar-refractivity contribution in [2.24, 2.45) is 0 Å². The molecule has 0 aromatic heterocycles. The maximum absolute atomic E-state index is 5.10. The lowest BCUT2D eigenvalue weighted by atomic mass is 9.97. The van der Waals surface area contributed by atoms with Crippen LogP contribution in [0.5, 0.6) is 5.75 Å². The number of hydrogen-bond donors (Lipinski definition) is 0. The summed E-state index contributed by atoms with van der Waals surface area (Å²) >= 11 is 0. The molecule has 0 heterocycles. The average molecular weight is 172 g/mol. The molecule has 0 N–H and O–H groups in total. The molecule has 0 saturated carbocycles. The third kappa shape index (κ3) is 1.67. The van der Waals surface area contributed by atoms with Gasteiger partial charge in [0.1, 0.15) is 5.75 Å². The molecule has 2 rings (SSSR count). The summed E-state index contributed by atoms with van der Waals surface area (Å²) in [6.45, 7) is 0. The van der Waals surface area contributed by atoms with E-state index in [2.05, 4.69) is 24.0 Å². The van der Waals surface area contributed by atoms with E-state index in [-0.39, 0.29) is 0 Å². The van der Waals surface area contributed by atoms with Gasteiger partial charge in [0, 0.05) is 18.8 Å². The Morgan fingerprint density at radius 3 is 2.31 bits per heavy atom. The number of ether oxygens (including phenoxy) is 1. The Kier molecular flexibility index (Phi) is 2.23. The molecule has 0 unspecified atom stereocenters. The number of rotatable bonds is 2. The fourth-order valence-electron chi connectivity index (χ4n) is 1.57. The average Bonchev–Trinajstić information content (AvgIpc) is 2.71. The van der Waals surface area contributed by atoms with E-state index in [4.69, 9.17) is 4.74 Å². The summed E-state index contributed by atoms with van der Waals surface area (Å²) in [6.07, 6.45) is 2.01. The molecular formula is C12H12O. The monoisotopic (exact) mass is 172 g/mol. The summed E-state index contributed by atoms with van der Waals surface area (Å²) in [5.74, 6) is 7.74. The molecule has 66 valence electrons. The molecule has 1 aromatic carbocycles. The van der Waals surface area contributed by atoms with Crippen molar-refractivity contribution in [2.75, 3.05) is 7.11 Å². The van der Waals surface area contributed by atoms with Gasteiger partial charge in [-0.2, -0.15) is 0 Å². The standard InChI is InChI=1S/C12H12O/c1-13-12-8-6-11(7-9-12)10-4-2-3-5-10/h6-10H,4-5H2,1H3. The van der Waals surface area contributed by atoms with Gasteiger partial charge < -0.3 is 4.74 Å². The minimum atomic E-state index is 0.589. The number of hydrogen-bond acceptors (Lipinski definition) is 1. The van der Waals surface area contributed by atoms with Gasteiger partial charge in [0.25, 0.3) is 0 Å². The lowest BCUT2D eigenvalue weighted by molar-refractivity contribution is 0.414. The maximum Gasteiger partial charge on any atom is 0.118 e. The van der Waals surface area contributed by atoms with Crippen LogP contribution in [0, 0.1) is 11.8 Å². The highest BCUT2D eigenvalue weighted by atomic mass is 16.5. The van der Waals surface area contributed by atoms with E-state index >= 15 is 0 Å². The van der Waals surface area contributed by atoms with E-state index in [0.29, 0.717) is 5.92 Å². The summed E-state index contributed by atoms with van der Waals surface area (Å²) in [7, 11) is 1.69. The second kappa shape index (κ2) is 3.53. The van der Waals surface area contributed by atoms with E-state index < -0.39 is 0 Å². The molecule has 1 aliphatic carbocycles. The molecule has 0 fully saturated rings. The Labute approximate surface area is 78.7 Å². The van der Waals surface area contributed by atoms with E-state index in [9.17, 15) is 0 Å². The van der Waals surface area contributed by atoms with Crippen LogP contribution in [0.25, 0.3) is 0 Å². The summed E-state index contributed by atoms with van der Waals surface area (Å²) in [6, 6.07) is 8.26. The van der Waals surface area contributed by atoms with Crippen LogP contribution in [0.2, 0.25) is 0 Å². The van der Waals surface area contributed by atoms with Crippen LogP contribution in [0.1, 0.15) is 24.3 Å². The van der Waals surface area contributed by atoms with Gasteiger partial charge in [-0.15, -0.1) is 11.8 Å².